The van der Waals surface area contributed by atoms with E-state index in [1.807, 2.05) is 12.1 Å². The second-order valence-corrected chi connectivity index (χ2v) is 6.70. The van der Waals surface area contributed by atoms with Gasteiger partial charge < -0.3 is 19.5 Å². The van der Waals surface area contributed by atoms with Crippen LogP contribution in [0, 0.1) is 0 Å². The average Bonchev–Trinajstić information content (AvgIpc) is 2.69. The maximum Gasteiger partial charge on any atom is 0.338 e. The van der Waals surface area contributed by atoms with E-state index in [9.17, 15) is 4.79 Å². The number of carbonyl (C=O) groups excluding carboxylic acids is 1. The van der Waals surface area contributed by atoms with Crippen LogP contribution in [0.4, 0.5) is 5.69 Å². The Hall–Kier alpha value is -1.30. The minimum atomic E-state index is -0.327. The minimum absolute atomic E-state index is 0.244. The Morgan fingerprint density at radius 1 is 0.889 bits per heavy atom. The second kappa shape index (κ2) is 16.8. The Morgan fingerprint density at radius 2 is 1.56 bits per heavy atom. The number of hydrogen-bond acceptors (Lipinski definition) is 5. The Labute approximate surface area is 168 Å². The highest BCUT2D eigenvalue weighted by Crippen LogP contribution is 2.10. The van der Waals surface area contributed by atoms with Gasteiger partial charge in [-0.2, -0.15) is 0 Å². The Balaban J connectivity index is 1.99. The van der Waals surface area contributed by atoms with Gasteiger partial charge in [0.15, 0.2) is 0 Å². The van der Waals surface area contributed by atoms with Crippen molar-refractivity contribution in [3.05, 3.63) is 29.8 Å². The van der Waals surface area contributed by atoms with Crippen LogP contribution >= 0.6 is 11.6 Å². The average molecular weight is 400 g/mol. The van der Waals surface area contributed by atoms with Crippen molar-refractivity contribution in [2.24, 2.45) is 0 Å². The van der Waals surface area contributed by atoms with Gasteiger partial charge >= 0.3 is 5.97 Å². The van der Waals surface area contributed by atoms with Gasteiger partial charge in [-0.15, -0.1) is 11.6 Å². The summed E-state index contributed by atoms with van der Waals surface area (Å²) in [6.45, 7) is 5.55. The Bertz CT molecular complexity index is 482. The van der Waals surface area contributed by atoms with Crippen molar-refractivity contribution in [1.29, 1.82) is 0 Å². The number of anilines is 1. The Morgan fingerprint density at radius 3 is 2.26 bits per heavy atom. The molecule has 0 bridgehead atoms. The minimum Gasteiger partial charge on any atom is -0.460 e. The van der Waals surface area contributed by atoms with E-state index in [2.05, 4.69) is 12.2 Å². The molecule has 0 amide bonds. The largest absolute Gasteiger partial charge is 0.460 e. The van der Waals surface area contributed by atoms with E-state index in [1.54, 1.807) is 12.1 Å². The predicted octanol–water partition coefficient (Wildman–Crippen LogP) is 4.89. The molecule has 0 unspecified atom stereocenters. The van der Waals surface area contributed by atoms with Gasteiger partial charge in [0.2, 0.25) is 0 Å². The molecule has 5 nitrogen and oxygen atoms in total. The van der Waals surface area contributed by atoms with Gasteiger partial charge in [-0.05, 0) is 43.5 Å². The maximum atomic E-state index is 12.0. The number of nitrogens with one attached hydrogen (secondary N) is 1. The van der Waals surface area contributed by atoms with Crippen molar-refractivity contribution in [1.82, 2.24) is 0 Å². The first kappa shape index (κ1) is 23.7. The first-order chi connectivity index (χ1) is 13.3. The standard InChI is InChI=1S/C21H34ClNO4/c1-2-3-13-23-20-10-8-19(9-11-20)21(24)27-18-17-26-16-15-25-14-7-5-4-6-12-22/h8-11,23H,2-7,12-18H2,1H3. The van der Waals surface area contributed by atoms with Gasteiger partial charge in [0.25, 0.3) is 0 Å². The summed E-state index contributed by atoms with van der Waals surface area (Å²) in [5, 5.41) is 3.32. The van der Waals surface area contributed by atoms with Gasteiger partial charge in [0.1, 0.15) is 6.61 Å². The van der Waals surface area contributed by atoms with Crippen LogP contribution in [0.15, 0.2) is 24.3 Å². The first-order valence-electron chi connectivity index (χ1n) is 10.0. The van der Waals surface area contributed by atoms with Crippen LogP contribution in [0.3, 0.4) is 0 Å². The number of rotatable bonds is 17. The molecule has 0 saturated carbocycles. The normalized spacial score (nSPS) is 10.7. The molecule has 1 aromatic carbocycles. The lowest BCUT2D eigenvalue weighted by atomic mass is 10.2. The molecule has 0 saturated heterocycles. The number of ether oxygens (including phenoxy) is 3. The summed E-state index contributed by atoms with van der Waals surface area (Å²) in [5.41, 5.74) is 1.57. The number of benzene rings is 1. The first-order valence-corrected chi connectivity index (χ1v) is 10.5. The van der Waals surface area contributed by atoms with Gasteiger partial charge in [-0.3, -0.25) is 0 Å². The summed E-state index contributed by atoms with van der Waals surface area (Å²) >= 11 is 5.62. The van der Waals surface area contributed by atoms with Gasteiger partial charge in [0, 0.05) is 24.7 Å². The summed E-state index contributed by atoms with van der Waals surface area (Å²) in [6.07, 6.45) is 6.72. The monoisotopic (exact) mass is 399 g/mol. The van der Waals surface area contributed by atoms with Crippen molar-refractivity contribution in [2.45, 2.75) is 45.4 Å². The molecule has 0 spiro atoms. The van der Waals surface area contributed by atoms with Crippen molar-refractivity contribution < 1.29 is 19.0 Å². The predicted molar refractivity (Wildman–Crippen MR) is 111 cm³/mol. The molecule has 27 heavy (non-hydrogen) atoms. The van der Waals surface area contributed by atoms with Crippen molar-refractivity contribution >= 4 is 23.3 Å². The highest BCUT2D eigenvalue weighted by atomic mass is 35.5. The molecular formula is C21H34ClNO4. The molecule has 0 radical (unpaired) electrons. The van der Waals surface area contributed by atoms with Crippen LogP contribution in [-0.4, -0.2) is 51.4 Å². The van der Waals surface area contributed by atoms with Crippen LogP contribution in [0.1, 0.15) is 55.8 Å². The van der Waals surface area contributed by atoms with E-state index in [0.717, 1.165) is 63.2 Å². The van der Waals surface area contributed by atoms with Crippen LogP contribution in [-0.2, 0) is 14.2 Å². The van der Waals surface area contributed by atoms with Crippen molar-refractivity contribution in [3.8, 4) is 0 Å². The second-order valence-electron chi connectivity index (χ2n) is 6.32. The molecule has 0 heterocycles. The number of hydrogen-bond donors (Lipinski definition) is 1. The van der Waals surface area contributed by atoms with Crippen LogP contribution in [0.5, 0.6) is 0 Å². The molecule has 154 valence electrons. The van der Waals surface area contributed by atoms with Crippen molar-refractivity contribution in [2.75, 3.05) is 50.8 Å². The molecule has 0 aliphatic heterocycles. The van der Waals surface area contributed by atoms with Crippen LogP contribution in [0.25, 0.3) is 0 Å². The molecule has 0 aromatic heterocycles. The SMILES string of the molecule is CCCCNc1ccc(C(=O)OCCOCCOCCCCCCCl)cc1. The zero-order valence-corrected chi connectivity index (χ0v) is 17.3. The highest BCUT2D eigenvalue weighted by molar-refractivity contribution is 6.17. The smallest absolute Gasteiger partial charge is 0.338 e. The van der Waals surface area contributed by atoms with Gasteiger partial charge in [0.05, 0.1) is 25.4 Å². The molecule has 1 rings (SSSR count). The summed E-state index contributed by atoms with van der Waals surface area (Å²) in [6, 6.07) is 7.35. The fourth-order valence-electron chi connectivity index (χ4n) is 2.38. The quantitative estimate of drug-likeness (QED) is 0.229. The van der Waals surface area contributed by atoms with E-state index in [0.29, 0.717) is 25.4 Å². The summed E-state index contributed by atoms with van der Waals surface area (Å²) in [7, 11) is 0. The van der Waals surface area contributed by atoms with E-state index >= 15 is 0 Å². The third-order valence-electron chi connectivity index (χ3n) is 3.99. The fraction of sp³-hybridized carbons (Fsp3) is 0.667. The lowest BCUT2D eigenvalue weighted by Crippen LogP contribution is -2.13. The highest BCUT2D eigenvalue weighted by Gasteiger charge is 2.06. The molecule has 0 aliphatic carbocycles. The van der Waals surface area contributed by atoms with Crippen LogP contribution < -0.4 is 5.32 Å². The molecule has 0 atom stereocenters. The molecule has 1 aromatic rings. The molecular weight excluding hydrogens is 366 g/mol. The summed E-state index contributed by atoms with van der Waals surface area (Å²) in [5.74, 6) is 0.410. The van der Waals surface area contributed by atoms with Gasteiger partial charge in [-0.25, -0.2) is 4.79 Å². The van der Waals surface area contributed by atoms with Crippen LogP contribution in [0.2, 0.25) is 0 Å². The summed E-state index contributed by atoms with van der Waals surface area (Å²) in [4.78, 5) is 12.0. The fourth-order valence-corrected chi connectivity index (χ4v) is 2.57. The lowest BCUT2D eigenvalue weighted by Gasteiger charge is -2.08. The summed E-state index contributed by atoms with van der Waals surface area (Å²) < 4.78 is 16.1. The Kier molecular flexibility index (Phi) is 14.8. The maximum absolute atomic E-state index is 12.0. The number of carbonyl (C=O) groups is 1. The number of halogens is 1. The van der Waals surface area contributed by atoms with Gasteiger partial charge in [-0.1, -0.05) is 26.2 Å². The van der Waals surface area contributed by atoms with E-state index in [4.69, 9.17) is 25.8 Å². The topological polar surface area (TPSA) is 56.8 Å². The molecule has 6 heteroatoms. The number of alkyl halides is 1. The zero-order chi connectivity index (χ0) is 19.6. The number of esters is 1. The molecule has 0 fully saturated rings. The third-order valence-corrected chi connectivity index (χ3v) is 4.25. The molecule has 1 N–H and O–H groups in total. The molecule has 0 aliphatic rings. The zero-order valence-electron chi connectivity index (χ0n) is 16.5. The lowest BCUT2D eigenvalue weighted by molar-refractivity contribution is 0.0142. The van der Waals surface area contributed by atoms with E-state index < -0.39 is 0 Å². The van der Waals surface area contributed by atoms with E-state index in [1.165, 1.54) is 0 Å². The number of unbranched alkanes of at least 4 members (excludes halogenated alkanes) is 4. The van der Waals surface area contributed by atoms with E-state index in [-0.39, 0.29) is 12.6 Å². The third kappa shape index (κ3) is 12.7. The van der Waals surface area contributed by atoms with Crippen molar-refractivity contribution in [3.63, 3.8) is 0 Å².